The van der Waals surface area contributed by atoms with Crippen molar-refractivity contribution in [3.63, 3.8) is 0 Å². The minimum absolute atomic E-state index is 0.0108. The molecule has 5 heteroatoms. The molecule has 0 bridgehead atoms. The maximum atomic E-state index is 8.79. The molecule has 1 atom stereocenters. The number of benzene rings is 1. The van der Waals surface area contributed by atoms with Gasteiger partial charge in [0.05, 0.1) is 13.7 Å². The number of aliphatic hydroxyl groups is 1. The normalized spacial score (nSPS) is 12.5. The third kappa shape index (κ3) is 3.45. The maximum Gasteiger partial charge on any atom is 0.119 e. The molecular weight excluding hydrogens is 272 g/mol. The molecule has 0 saturated heterocycles. The van der Waals surface area contributed by atoms with Crippen molar-refractivity contribution < 1.29 is 9.84 Å². The summed E-state index contributed by atoms with van der Waals surface area (Å²) in [5.41, 5.74) is 6.74. The summed E-state index contributed by atoms with van der Waals surface area (Å²) in [6.45, 7) is 1.08. The summed E-state index contributed by atoms with van der Waals surface area (Å²) in [6.07, 6.45) is 0. The summed E-state index contributed by atoms with van der Waals surface area (Å²) in [6, 6.07) is 5.76. The van der Waals surface area contributed by atoms with Crippen LogP contribution in [-0.2, 0) is 0 Å². The molecule has 1 aromatic rings. The summed E-state index contributed by atoms with van der Waals surface area (Å²) in [7, 11) is 1.63. The van der Waals surface area contributed by atoms with Gasteiger partial charge in [-0.15, -0.1) is 0 Å². The van der Waals surface area contributed by atoms with E-state index in [1.165, 1.54) is 0 Å². The highest BCUT2D eigenvalue weighted by Crippen LogP contribution is 2.27. The van der Waals surface area contributed by atoms with E-state index in [0.717, 1.165) is 15.8 Å². The molecule has 0 saturated carbocycles. The Morgan fingerprint density at radius 2 is 2.31 bits per heavy atom. The van der Waals surface area contributed by atoms with Crippen LogP contribution in [0.4, 0.5) is 0 Å². The van der Waals surface area contributed by atoms with Crippen LogP contribution in [0.5, 0.6) is 5.75 Å². The molecule has 0 heterocycles. The first-order chi connectivity index (χ1) is 7.72. The number of ether oxygens (including phenoxy) is 1. The summed E-state index contributed by atoms with van der Waals surface area (Å²) < 4.78 is 6.15. The van der Waals surface area contributed by atoms with Crippen molar-refractivity contribution in [2.45, 2.75) is 6.04 Å². The van der Waals surface area contributed by atoms with Crippen molar-refractivity contribution in [3.8, 4) is 5.75 Å². The Hall–Kier alpha value is -0.620. The van der Waals surface area contributed by atoms with Crippen LogP contribution in [0.1, 0.15) is 11.6 Å². The van der Waals surface area contributed by atoms with Crippen LogP contribution in [0, 0.1) is 0 Å². The van der Waals surface area contributed by atoms with E-state index in [1.54, 1.807) is 7.11 Å². The van der Waals surface area contributed by atoms with Gasteiger partial charge < -0.3 is 20.9 Å². The van der Waals surface area contributed by atoms with E-state index in [-0.39, 0.29) is 12.6 Å². The fraction of sp³-hybridized carbons (Fsp3) is 0.455. The predicted octanol–water partition coefficient (Wildman–Crippen LogP) is 1.04. The van der Waals surface area contributed by atoms with Crippen molar-refractivity contribution in [2.75, 3.05) is 26.8 Å². The number of nitrogens with two attached hydrogens (primary N) is 1. The largest absolute Gasteiger partial charge is 0.497 e. The van der Waals surface area contributed by atoms with E-state index < -0.39 is 0 Å². The zero-order valence-electron chi connectivity index (χ0n) is 9.24. The molecule has 90 valence electrons. The van der Waals surface area contributed by atoms with Crippen molar-refractivity contribution in [2.24, 2.45) is 5.73 Å². The van der Waals surface area contributed by atoms with Crippen LogP contribution in [0.15, 0.2) is 22.7 Å². The quantitative estimate of drug-likeness (QED) is 0.732. The van der Waals surface area contributed by atoms with Crippen LogP contribution < -0.4 is 15.8 Å². The van der Waals surface area contributed by atoms with Crippen LogP contribution in [0.2, 0.25) is 0 Å². The smallest absolute Gasteiger partial charge is 0.119 e. The Balaban J connectivity index is 2.89. The highest BCUT2D eigenvalue weighted by atomic mass is 79.9. The molecule has 0 aliphatic rings. The lowest BCUT2D eigenvalue weighted by Gasteiger charge is -2.18. The number of nitrogens with one attached hydrogen (secondary N) is 1. The van der Waals surface area contributed by atoms with Gasteiger partial charge in [-0.3, -0.25) is 0 Å². The number of aliphatic hydroxyl groups excluding tert-OH is 1. The zero-order chi connectivity index (χ0) is 12.0. The first kappa shape index (κ1) is 13.4. The van der Waals surface area contributed by atoms with Gasteiger partial charge in [-0.2, -0.15) is 0 Å². The summed E-state index contributed by atoms with van der Waals surface area (Å²) in [5, 5.41) is 12.0. The highest BCUT2D eigenvalue weighted by molar-refractivity contribution is 9.10. The molecule has 0 amide bonds. The number of halogens is 1. The average Bonchev–Trinajstić information content (AvgIpc) is 2.32. The maximum absolute atomic E-state index is 8.79. The lowest BCUT2D eigenvalue weighted by Crippen LogP contribution is -2.30. The minimum Gasteiger partial charge on any atom is -0.497 e. The summed E-state index contributed by atoms with van der Waals surface area (Å²) in [5.74, 6) is 0.794. The van der Waals surface area contributed by atoms with E-state index in [0.29, 0.717) is 13.1 Å². The SMILES string of the molecule is COc1ccc(Br)c(C(CN)NCCO)c1. The standard InChI is InChI=1S/C11H17BrN2O2/c1-16-8-2-3-10(12)9(6-8)11(7-13)14-4-5-15/h2-3,6,11,14-15H,4-5,7,13H2,1H3. The molecule has 16 heavy (non-hydrogen) atoms. The minimum atomic E-state index is 0.0108. The van der Waals surface area contributed by atoms with Gasteiger partial charge in [0, 0.05) is 23.6 Å². The van der Waals surface area contributed by atoms with Gasteiger partial charge in [-0.1, -0.05) is 15.9 Å². The fourth-order valence-corrected chi connectivity index (χ4v) is 2.00. The van der Waals surface area contributed by atoms with Gasteiger partial charge in [0.1, 0.15) is 5.75 Å². The third-order valence-electron chi connectivity index (χ3n) is 2.32. The molecule has 0 spiro atoms. The first-order valence-electron chi connectivity index (χ1n) is 5.10. The molecule has 0 aromatic heterocycles. The molecule has 0 radical (unpaired) electrons. The van der Waals surface area contributed by atoms with Crippen LogP contribution >= 0.6 is 15.9 Å². The topological polar surface area (TPSA) is 67.5 Å². The van der Waals surface area contributed by atoms with Gasteiger partial charge in [-0.05, 0) is 23.8 Å². The summed E-state index contributed by atoms with van der Waals surface area (Å²) in [4.78, 5) is 0. The number of rotatable bonds is 6. The number of hydrogen-bond acceptors (Lipinski definition) is 4. The van der Waals surface area contributed by atoms with Crippen LogP contribution in [0.25, 0.3) is 0 Å². The lowest BCUT2D eigenvalue weighted by atomic mass is 10.1. The monoisotopic (exact) mass is 288 g/mol. The Morgan fingerprint density at radius 3 is 2.88 bits per heavy atom. The van der Waals surface area contributed by atoms with E-state index in [4.69, 9.17) is 15.6 Å². The average molecular weight is 289 g/mol. The zero-order valence-corrected chi connectivity index (χ0v) is 10.8. The van der Waals surface area contributed by atoms with E-state index in [1.807, 2.05) is 18.2 Å². The molecule has 1 aromatic carbocycles. The molecule has 1 rings (SSSR count). The van der Waals surface area contributed by atoms with E-state index in [2.05, 4.69) is 21.2 Å². The Bertz CT molecular complexity index is 334. The second kappa shape index (κ2) is 6.85. The van der Waals surface area contributed by atoms with E-state index in [9.17, 15) is 0 Å². The first-order valence-corrected chi connectivity index (χ1v) is 5.90. The van der Waals surface area contributed by atoms with Gasteiger partial charge in [0.15, 0.2) is 0 Å². The van der Waals surface area contributed by atoms with E-state index >= 15 is 0 Å². The fourth-order valence-electron chi connectivity index (χ4n) is 1.47. The Morgan fingerprint density at radius 1 is 1.56 bits per heavy atom. The molecule has 0 fully saturated rings. The lowest BCUT2D eigenvalue weighted by molar-refractivity contribution is 0.285. The Kier molecular flexibility index (Phi) is 5.76. The molecule has 1 unspecified atom stereocenters. The molecule has 0 aliphatic carbocycles. The Labute approximate surface area is 104 Å². The second-order valence-corrected chi connectivity index (χ2v) is 4.21. The van der Waals surface area contributed by atoms with Gasteiger partial charge >= 0.3 is 0 Å². The molecule has 0 aliphatic heterocycles. The summed E-state index contributed by atoms with van der Waals surface area (Å²) >= 11 is 3.48. The van der Waals surface area contributed by atoms with Crippen molar-refractivity contribution in [1.82, 2.24) is 5.32 Å². The van der Waals surface area contributed by atoms with Crippen molar-refractivity contribution in [1.29, 1.82) is 0 Å². The van der Waals surface area contributed by atoms with Gasteiger partial charge in [-0.25, -0.2) is 0 Å². The molecular formula is C11H17BrN2O2. The van der Waals surface area contributed by atoms with Gasteiger partial charge in [0.2, 0.25) is 0 Å². The van der Waals surface area contributed by atoms with Crippen molar-refractivity contribution >= 4 is 15.9 Å². The van der Waals surface area contributed by atoms with Crippen LogP contribution in [0.3, 0.4) is 0 Å². The molecule has 4 N–H and O–H groups in total. The second-order valence-electron chi connectivity index (χ2n) is 3.35. The molecule has 4 nitrogen and oxygen atoms in total. The van der Waals surface area contributed by atoms with Crippen molar-refractivity contribution in [3.05, 3.63) is 28.2 Å². The predicted molar refractivity (Wildman–Crippen MR) is 67.6 cm³/mol. The van der Waals surface area contributed by atoms with Crippen LogP contribution in [-0.4, -0.2) is 31.9 Å². The highest BCUT2D eigenvalue weighted by Gasteiger charge is 2.13. The third-order valence-corrected chi connectivity index (χ3v) is 3.04. The number of methoxy groups -OCH3 is 1. The van der Waals surface area contributed by atoms with Gasteiger partial charge in [0.25, 0.3) is 0 Å². The number of hydrogen-bond donors (Lipinski definition) is 3.